The summed E-state index contributed by atoms with van der Waals surface area (Å²) in [5.74, 6) is -0.216. The van der Waals surface area contributed by atoms with Crippen molar-refractivity contribution in [3.63, 3.8) is 0 Å². The number of hydrogen-bond donors (Lipinski definition) is 1. The predicted octanol–water partition coefficient (Wildman–Crippen LogP) is 3.10. The van der Waals surface area contributed by atoms with E-state index in [9.17, 15) is 18.0 Å². The van der Waals surface area contributed by atoms with Gasteiger partial charge in [-0.2, -0.15) is 13.2 Å². The van der Waals surface area contributed by atoms with Gasteiger partial charge in [0.25, 0.3) is 5.91 Å². The molecular formula is C20H21F3N6OS. The fraction of sp³-hybridized carbons (Fsp3) is 0.400. The molecule has 1 fully saturated rings. The molecule has 0 spiro atoms. The van der Waals surface area contributed by atoms with Crippen LogP contribution in [0.2, 0.25) is 0 Å². The molecule has 0 unspecified atom stereocenters. The second-order valence-electron chi connectivity index (χ2n) is 7.35. The minimum absolute atomic E-state index is 0.0218. The van der Waals surface area contributed by atoms with E-state index in [-0.39, 0.29) is 21.6 Å². The predicted molar refractivity (Wildman–Crippen MR) is 112 cm³/mol. The standard InChI is InChI=1S/C20H21F3N6OS/c1-12-8-25-9-13(26-12)10-28-3-5-29(6-4-28)16-7-15(20(21,22)23)18-17(27-16)14(11-31-18)19(30)24-2/h7-9,11H,3-6,10H2,1-2H3,(H,24,30). The van der Waals surface area contributed by atoms with E-state index in [1.54, 1.807) is 12.4 Å². The third-order valence-electron chi connectivity index (χ3n) is 5.17. The first-order chi connectivity index (χ1) is 14.8. The Morgan fingerprint density at radius 3 is 2.58 bits per heavy atom. The number of nitrogens with one attached hydrogen (secondary N) is 1. The van der Waals surface area contributed by atoms with Crippen molar-refractivity contribution >= 4 is 33.3 Å². The lowest BCUT2D eigenvalue weighted by molar-refractivity contribution is -0.136. The first-order valence-electron chi connectivity index (χ1n) is 9.72. The number of halogens is 3. The maximum absolute atomic E-state index is 13.7. The Balaban J connectivity index is 1.59. The van der Waals surface area contributed by atoms with Gasteiger partial charge in [0, 0.05) is 57.5 Å². The Morgan fingerprint density at radius 2 is 1.94 bits per heavy atom. The summed E-state index contributed by atoms with van der Waals surface area (Å²) in [6, 6.07) is 1.09. The number of thiophene rings is 1. The van der Waals surface area contributed by atoms with Crippen molar-refractivity contribution in [2.75, 3.05) is 38.1 Å². The first-order valence-corrected chi connectivity index (χ1v) is 10.6. The van der Waals surface area contributed by atoms with Crippen LogP contribution in [0.4, 0.5) is 19.0 Å². The monoisotopic (exact) mass is 450 g/mol. The molecule has 11 heteroatoms. The zero-order valence-electron chi connectivity index (χ0n) is 17.0. The van der Waals surface area contributed by atoms with Crippen LogP contribution in [0.25, 0.3) is 10.2 Å². The minimum Gasteiger partial charge on any atom is -0.355 e. The molecule has 0 atom stereocenters. The molecule has 0 aliphatic carbocycles. The number of anilines is 1. The Morgan fingerprint density at radius 1 is 1.19 bits per heavy atom. The highest BCUT2D eigenvalue weighted by Gasteiger charge is 2.36. The number of alkyl halides is 3. The van der Waals surface area contributed by atoms with E-state index in [4.69, 9.17) is 0 Å². The SMILES string of the molecule is CNC(=O)c1csc2c(C(F)(F)F)cc(N3CCN(Cc4cncc(C)n4)CC3)nc12. The number of hydrogen-bond acceptors (Lipinski definition) is 7. The molecule has 4 heterocycles. The summed E-state index contributed by atoms with van der Waals surface area (Å²) in [4.78, 5) is 29.2. The summed E-state index contributed by atoms with van der Waals surface area (Å²) in [6.07, 6.45) is -1.12. The normalized spacial score (nSPS) is 15.5. The van der Waals surface area contributed by atoms with Gasteiger partial charge in [-0.1, -0.05) is 0 Å². The Labute approximate surface area is 180 Å². The highest BCUT2D eigenvalue weighted by atomic mass is 32.1. The number of rotatable bonds is 4. The number of fused-ring (bicyclic) bond motifs is 1. The number of pyridine rings is 1. The molecule has 0 saturated carbocycles. The van der Waals surface area contributed by atoms with Crippen molar-refractivity contribution in [3.8, 4) is 0 Å². The smallest absolute Gasteiger partial charge is 0.355 e. The first kappa shape index (κ1) is 21.4. The van der Waals surface area contributed by atoms with Gasteiger partial charge in [-0.3, -0.25) is 19.7 Å². The lowest BCUT2D eigenvalue weighted by atomic mass is 10.1. The number of nitrogens with zero attached hydrogens (tertiary/aromatic N) is 5. The van der Waals surface area contributed by atoms with Crippen molar-refractivity contribution in [1.82, 2.24) is 25.2 Å². The van der Waals surface area contributed by atoms with Crippen LogP contribution < -0.4 is 10.2 Å². The number of aromatic nitrogens is 3. The Hall–Kier alpha value is -2.79. The largest absolute Gasteiger partial charge is 0.417 e. The van der Waals surface area contributed by atoms with Gasteiger partial charge in [-0.25, -0.2) is 4.98 Å². The van der Waals surface area contributed by atoms with Gasteiger partial charge in [-0.05, 0) is 13.0 Å². The molecule has 164 valence electrons. The number of carbonyl (C=O) groups is 1. The van der Waals surface area contributed by atoms with Gasteiger partial charge < -0.3 is 10.2 Å². The molecule has 0 bridgehead atoms. The van der Waals surface area contributed by atoms with Crippen LogP contribution in [-0.2, 0) is 12.7 Å². The average molecular weight is 450 g/mol. The molecule has 1 N–H and O–H groups in total. The summed E-state index contributed by atoms with van der Waals surface area (Å²) in [5.41, 5.74) is 1.19. The fourth-order valence-corrected chi connectivity index (χ4v) is 4.64. The molecule has 0 aromatic carbocycles. The van der Waals surface area contributed by atoms with Crippen molar-refractivity contribution in [2.45, 2.75) is 19.6 Å². The summed E-state index contributed by atoms with van der Waals surface area (Å²) in [6.45, 7) is 4.87. The zero-order chi connectivity index (χ0) is 22.2. The third kappa shape index (κ3) is 4.47. The molecule has 3 aromatic heterocycles. The fourth-order valence-electron chi connectivity index (χ4n) is 3.62. The van der Waals surface area contributed by atoms with Crippen molar-refractivity contribution in [2.24, 2.45) is 0 Å². The molecule has 3 aromatic rings. The topological polar surface area (TPSA) is 74.2 Å². The van der Waals surface area contributed by atoms with E-state index in [0.29, 0.717) is 32.7 Å². The van der Waals surface area contributed by atoms with E-state index in [1.807, 2.05) is 11.8 Å². The summed E-state index contributed by atoms with van der Waals surface area (Å²) >= 11 is 0.886. The maximum atomic E-state index is 13.7. The van der Waals surface area contributed by atoms with Crippen molar-refractivity contribution < 1.29 is 18.0 Å². The molecule has 1 aliphatic rings. The minimum atomic E-state index is -4.54. The molecule has 7 nitrogen and oxygen atoms in total. The molecule has 1 amide bonds. The van der Waals surface area contributed by atoms with Crippen LogP contribution in [0.15, 0.2) is 23.8 Å². The van der Waals surface area contributed by atoms with Crippen LogP contribution >= 0.6 is 11.3 Å². The van der Waals surface area contributed by atoms with Gasteiger partial charge in [0.1, 0.15) is 5.82 Å². The third-order valence-corrected chi connectivity index (χ3v) is 6.18. The van der Waals surface area contributed by atoms with Crippen LogP contribution in [0.3, 0.4) is 0 Å². The summed E-state index contributed by atoms with van der Waals surface area (Å²) < 4.78 is 41.2. The van der Waals surface area contributed by atoms with Gasteiger partial charge in [0.15, 0.2) is 0 Å². The van der Waals surface area contributed by atoms with Crippen molar-refractivity contribution in [3.05, 3.63) is 46.4 Å². The maximum Gasteiger partial charge on any atom is 0.417 e. The second kappa shape index (κ2) is 8.39. The van der Waals surface area contributed by atoms with Crippen molar-refractivity contribution in [1.29, 1.82) is 0 Å². The van der Waals surface area contributed by atoms with Crippen LogP contribution in [-0.4, -0.2) is 59.0 Å². The Bertz CT molecular complexity index is 1110. The van der Waals surface area contributed by atoms with Gasteiger partial charge in [0.2, 0.25) is 0 Å². The van der Waals surface area contributed by atoms with Crippen LogP contribution in [0, 0.1) is 6.92 Å². The molecule has 4 rings (SSSR count). The highest BCUT2D eigenvalue weighted by Crippen LogP contribution is 2.40. The molecular weight excluding hydrogens is 429 g/mol. The number of carbonyl (C=O) groups excluding carboxylic acids is 1. The number of amides is 1. The average Bonchev–Trinajstić information content (AvgIpc) is 3.16. The van der Waals surface area contributed by atoms with Crippen LogP contribution in [0.5, 0.6) is 0 Å². The lowest BCUT2D eigenvalue weighted by Crippen LogP contribution is -2.46. The molecule has 1 aliphatic heterocycles. The highest BCUT2D eigenvalue weighted by molar-refractivity contribution is 7.17. The van der Waals surface area contributed by atoms with Crippen LogP contribution in [0.1, 0.15) is 27.3 Å². The van der Waals surface area contributed by atoms with E-state index in [0.717, 1.165) is 28.8 Å². The zero-order valence-corrected chi connectivity index (χ0v) is 17.8. The van der Waals surface area contributed by atoms with Gasteiger partial charge in [0.05, 0.1) is 32.7 Å². The van der Waals surface area contributed by atoms with E-state index in [2.05, 4.69) is 25.2 Å². The second-order valence-corrected chi connectivity index (χ2v) is 8.23. The number of aryl methyl sites for hydroxylation is 1. The van der Waals surface area contributed by atoms with E-state index < -0.39 is 17.6 Å². The molecule has 0 radical (unpaired) electrons. The van der Waals surface area contributed by atoms with E-state index in [1.165, 1.54) is 12.4 Å². The lowest BCUT2D eigenvalue weighted by Gasteiger charge is -2.35. The molecule has 1 saturated heterocycles. The summed E-state index contributed by atoms with van der Waals surface area (Å²) in [7, 11) is 1.44. The number of piperazine rings is 1. The van der Waals surface area contributed by atoms with Gasteiger partial charge >= 0.3 is 6.18 Å². The summed E-state index contributed by atoms with van der Waals surface area (Å²) in [5, 5.41) is 3.89. The van der Waals surface area contributed by atoms with E-state index >= 15 is 0 Å². The van der Waals surface area contributed by atoms with Gasteiger partial charge in [-0.15, -0.1) is 11.3 Å². The molecule has 31 heavy (non-hydrogen) atoms. The Kier molecular flexibility index (Phi) is 5.80. The quantitative estimate of drug-likeness (QED) is 0.659.